The first-order chi connectivity index (χ1) is 9.66. The highest BCUT2D eigenvalue weighted by molar-refractivity contribution is 5.90. The van der Waals surface area contributed by atoms with Gasteiger partial charge < -0.3 is 9.84 Å². The normalized spacial score (nSPS) is 9.60. The summed E-state index contributed by atoms with van der Waals surface area (Å²) in [6, 6.07) is 9.42. The molecule has 0 spiro atoms. The molecule has 0 atom stereocenters. The van der Waals surface area contributed by atoms with Gasteiger partial charge in [0.25, 0.3) is 0 Å². The second kappa shape index (κ2) is 8.15. The molecule has 108 valence electrons. The topological polar surface area (TPSA) is 55.1 Å². The second-order valence-electron chi connectivity index (χ2n) is 4.22. The number of carbonyl (C=O) groups is 1. The van der Waals surface area contributed by atoms with Crippen molar-refractivity contribution in [1.82, 2.24) is 5.16 Å². The van der Waals surface area contributed by atoms with Crippen molar-refractivity contribution < 1.29 is 9.32 Å². The molecule has 1 heterocycles. The molecule has 4 heteroatoms. The summed E-state index contributed by atoms with van der Waals surface area (Å²) in [5.41, 5.74) is 2.70. The average Bonchev–Trinajstić information content (AvgIpc) is 2.80. The van der Waals surface area contributed by atoms with Crippen LogP contribution < -0.4 is 5.32 Å². The van der Waals surface area contributed by atoms with E-state index in [-0.39, 0.29) is 5.91 Å². The molecule has 0 aliphatic rings. The Hall–Kier alpha value is -2.10. The van der Waals surface area contributed by atoms with E-state index in [4.69, 9.17) is 4.52 Å². The zero-order chi connectivity index (χ0) is 15.0. The monoisotopic (exact) mass is 274 g/mol. The number of benzene rings is 1. The predicted molar refractivity (Wildman–Crippen MR) is 80.7 cm³/mol. The SMILES string of the molecule is CC.Cc1onc(CCC(=O)Nc2ccccc2)c1C. The number of anilines is 1. The molecule has 1 aromatic heterocycles. The average molecular weight is 274 g/mol. The summed E-state index contributed by atoms with van der Waals surface area (Å²) in [6.07, 6.45) is 1.00. The van der Waals surface area contributed by atoms with E-state index in [0.717, 1.165) is 22.7 Å². The lowest BCUT2D eigenvalue weighted by Crippen LogP contribution is -2.12. The molecule has 0 unspecified atom stereocenters. The van der Waals surface area contributed by atoms with E-state index in [1.807, 2.05) is 58.0 Å². The van der Waals surface area contributed by atoms with Gasteiger partial charge in [-0.05, 0) is 26.0 Å². The maximum absolute atomic E-state index is 11.7. The van der Waals surface area contributed by atoms with Crippen molar-refractivity contribution in [1.29, 1.82) is 0 Å². The molecular weight excluding hydrogens is 252 g/mol. The number of carbonyl (C=O) groups excluding carboxylic acids is 1. The summed E-state index contributed by atoms with van der Waals surface area (Å²) < 4.78 is 5.06. The summed E-state index contributed by atoms with van der Waals surface area (Å²) in [7, 11) is 0. The van der Waals surface area contributed by atoms with E-state index >= 15 is 0 Å². The Labute approximate surface area is 120 Å². The minimum absolute atomic E-state index is 0.0127. The molecule has 0 radical (unpaired) electrons. The summed E-state index contributed by atoms with van der Waals surface area (Å²) in [4.78, 5) is 11.7. The van der Waals surface area contributed by atoms with Crippen molar-refractivity contribution in [2.45, 2.75) is 40.5 Å². The summed E-state index contributed by atoms with van der Waals surface area (Å²) in [5, 5.41) is 6.78. The van der Waals surface area contributed by atoms with Crippen molar-refractivity contribution in [3.8, 4) is 0 Å². The van der Waals surface area contributed by atoms with Crippen molar-refractivity contribution in [3.05, 3.63) is 47.3 Å². The Morgan fingerprint density at radius 1 is 1.20 bits per heavy atom. The zero-order valence-electron chi connectivity index (χ0n) is 12.6. The van der Waals surface area contributed by atoms with Crippen molar-refractivity contribution in [3.63, 3.8) is 0 Å². The molecule has 4 nitrogen and oxygen atoms in total. The number of hydrogen-bond acceptors (Lipinski definition) is 3. The fraction of sp³-hybridized carbons (Fsp3) is 0.375. The standard InChI is InChI=1S/C14H16N2O2.C2H6/c1-10-11(2)18-16-13(10)8-9-14(17)15-12-6-4-3-5-7-12;1-2/h3-7H,8-9H2,1-2H3,(H,15,17);1-2H3. The minimum atomic E-state index is -0.0127. The number of hydrogen-bond donors (Lipinski definition) is 1. The number of rotatable bonds is 4. The Kier molecular flexibility index (Phi) is 6.50. The fourth-order valence-electron chi connectivity index (χ4n) is 1.67. The van der Waals surface area contributed by atoms with E-state index in [2.05, 4.69) is 10.5 Å². The summed E-state index contributed by atoms with van der Waals surface area (Å²) >= 11 is 0. The Balaban J connectivity index is 0.000000956. The van der Waals surface area contributed by atoms with E-state index in [1.165, 1.54) is 0 Å². The fourth-order valence-corrected chi connectivity index (χ4v) is 1.67. The van der Waals surface area contributed by atoms with Gasteiger partial charge in [-0.1, -0.05) is 37.2 Å². The van der Waals surface area contributed by atoms with Crippen LogP contribution in [0.3, 0.4) is 0 Å². The third-order valence-electron chi connectivity index (χ3n) is 2.90. The first-order valence-corrected chi connectivity index (χ1v) is 6.93. The molecule has 20 heavy (non-hydrogen) atoms. The summed E-state index contributed by atoms with van der Waals surface area (Å²) in [6.45, 7) is 7.83. The van der Waals surface area contributed by atoms with Crippen LogP contribution in [0.2, 0.25) is 0 Å². The highest BCUT2D eigenvalue weighted by Gasteiger charge is 2.10. The lowest BCUT2D eigenvalue weighted by atomic mass is 10.1. The van der Waals surface area contributed by atoms with Crippen LogP contribution in [0.5, 0.6) is 0 Å². The van der Waals surface area contributed by atoms with E-state index in [0.29, 0.717) is 12.8 Å². The molecule has 0 saturated heterocycles. The Morgan fingerprint density at radius 3 is 2.40 bits per heavy atom. The smallest absolute Gasteiger partial charge is 0.224 e. The summed E-state index contributed by atoms with van der Waals surface area (Å²) in [5.74, 6) is 0.801. The van der Waals surface area contributed by atoms with E-state index < -0.39 is 0 Å². The van der Waals surface area contributed by atoms with Crippen LogP contribution in [0.25, 0.3) is 0 Å². The molecule has 1 amide bonds. The van der Waals surface area contributed by atoms with Gasteiger partial charge in [0.15, 0.2) is 0 Å². The molecular formula is C16H22N2O2. The lowest BCUT2D eigenvalue weighted by Gasteiger charge is -2.03. The zero-order valence-corrected chi connectivity index (χ0v) is 12.6. The predicted octanol–water partition coefficient (Wildman–Crippen LogP) is 3.89. The highest BCUT2D eigenvalue weighted by atomic mass is 16.5. The van der Waals surface area contributed by atoms with Crippen molar-refractivity contribution >= 4 is 11.6 Å². The van der Waals surface area contributed by atoms with Gasteiger partial charge in [-0.15, -0.1) is 0 Å². The third kappa shape index (κ3) is 4.53. The largest absolute Gasteiger partial charge is 0.361 e. The lowest BCUT2D eigenvalue weighted by molar-refractivity contribution is -0.116. The number of nitrogens with zero attached hydrogens (tertiary/aromatic N) is 1. The molecule has 2 rings (SSSR count). The van der Waals surface area contributed by atoms with Gasteiger partial charge in [0.05, 0.1) is 5.69 Å². The quantitative estimate of drug-likeness (QED) is 0.920. The van der Waals surface area contributed by atoms with Gasteiger partial charge in [-0.3, -0.25) is 4.79 Å². The van der Waals surface area contributed by atoms with Crippen LogP contribution in [-0.2, 0) is 11.2 Å². The van der Waals surface area contributed by atoms with Gasteiger partial charge >= 0.3 is 0 Å². The highest BCUT2D eigenvalue weighted by Crippen LogP contribution is 2.13. The van der Waals surface area contributed by atoms with E-state index in [1.54, 1.807) is 0 Å². The Morgan fingerprint density at radius 2 is 1.85 bits per heavy atom. The molecule has 0 aliphatic heterocycles. The number of aromatic nitrogens is 1. The van der Waals surface area contributed by atoms with Crippen molar-refractivity contribution in [2.75, 3.05) is 5.32 Å². The molecule has 0 saturated carbocycles. The Bertz CT molecular complexity index is 533. The maximum atomic E-state index is 11.7. The molecule has 1 N–H and O–H groups in total. The van der Waals surface area contributed by atoms with Gasteiger partial charge in [-0.2, -0.15) is 0 Å². The number of nitrogens with one attached hydrogen (secondary N) is 1. The van der Waals surface area contributed by atoms with Crippen LogP contribution in [0, 0.1) is 13.8 Å². The molecule has 1 aromatic carbocycles. The first-order valence-electron chi connectivity index (χ1n) is 6.93. The number of amides is 1. The van der Waals surface area contributed by atoms with Gasteiger partial charge in [0.1, 0.15) is 5.76 Å². The second-order valence-corrected chi connectivity index (χ2v) is 4.22. The third-order valence-corrected chi connectivity index (χ3v) is 2.90. The number of para-hydroxylation sites is 1. The molecule has 2 aromatic rings. The van der Waals surface area contributed by atoms with Crippen LogP contribution in [-0.4, -0.2) is 11.1 Å². The van der Waals surface area contributed by atoms with Gasteiger partial charge in [0, 0.05) is 24.1 Å². The van der Waals surface area contributed by atoms with Crippen molar-refractivity contribution in [2.24, 2.45) is 0 Å². The van der Waals surface area contributed by atoms with Gasteiger partial charge in [-0.25, -0.2) is 0 Å². The minimum Gasteiger partial charge on any atom is -0.361 e. The van der Waals surface area contributed by atoms with Gasteiger partial charge in [0.2, 0.25) is 5.91 Å². The molecule has 0 bridgehead atoms. The molecule has 0 aliphatic carbocycles. The van der Waals surface area contributed by atoms with Crippen LogP contribution in [0.4, 0.5) is 5.69 Å². The van der Waals surface area contributed by atoms with E-state index in [9.17, 15) is 4.79 Å². The first kappa shape index (κ1) is 16.0. The maximum Gasteiger partial charge on any atom is 0.224 e. The molecule has 0 fully saturated rings. The van der Waals surface area contributed by atoms with Crippen LogP contribution in [0.1, 0.15) is 37.3 Å². The van der Waals surface area contributed by atoms with Crippen LogP contribution >= 0.6 is 0 Å². The number of aryl methyl sites for hydroxylation is 2. The van der Waals surface area contributed by atoms with Crippen LogP contribution in [0.15, 0.2) is 34.9 Å².